The number of nitro benzene ring substituents is 1. The number of non-ortho nitro benzene ring substituents is 1. The van der Waals surface area contributed by atoms with Gasteiger partial charge in [-0.1, -0.05) is 6.92 Å². The summed E-state index contributed by atoms with van der Waals surface area (Å²) in [6.45, 7) is 5.40. The molecule has 0 aliphatic heterocycles. The van der Waals surface area contributed by atoms with Crippen molar-refractivity contribution in [3.05, 3.63) is 76.0 Å². The van der Waals surface area contributed by atoms with Gasteiger partial charge in [-0.25, -0.2) is 17.8 Å². The third kappa shape index (κ3) is 5.18. The first-order valence-corrected chi connectivity index (χ1v) is 11.3. The van der Waals surface area contributed by atoms with Crippen LogP contribution in [0, 0.1) is 17.0 Å². The van der Waals surface area contributed by atoms with E-state index in [0.717, 1.165) is 0 Å². The third-order valence-corrected chi connectivity index (χ3v) is 6.38. The molecule has 0 saturated carbocycles. The second kappa shape index (κ2) is 9.28. The van der Waals surface area contributed by atoms with Crippen molar-refractivity contribution < 1.29 is 18.1 Å². The van der Waals surface area contributed by atoms with Crippen LogP contribution in [-0.4, -0.2) is 35.1 Å². The average Bonchev–Trinajstić information content (AvgIpc) is 3.13. The molecule has 0 radical (unpaired) electrons. The number of nitro groups is 1. The zero-order valence-corrected chi connectivity index (χ0v) is 18.6. The Morgan fingerprint density at radius 2 is 1.78 bits per heavy atom. The van der Waals surface area contributed by atoms with Crippen molar-refractivity contribution in [3.8, 4) is 5.69 Å². The Morgan fingerprint density at radius 1 is 1.16 bits per heavy atom. The van der Waals surface area contributed by atoms with Gasteiger partial charge >= 0.3 is 0 Å². The minimum atomic E-state index is -3.67. The number of hydrogen-bond acceptors (Lipinski definition) is 6. The third-order valence-electron chi connectivity index (χ3n) is 4.77. The normalized spacial score (nSPS) is 12.3. The summed E-state index contributed by atoms with van der Waals surface area (Å²) in [5.74, 6) is -0.0802. The minimum absolute atomic E-state index is 0.0546. The van der Waals surface area contributed by atoms with Crippen molar-refractivity contribution in [1.29, 1.82) is 0 Å². The average molecular weight is 458 g/mol. The van der Waals surface area contributed by atoms with Crippen LogP contribution in [0.2, 0.25) is 0 Å². The number of nitrogens with one attached hydrogen (secondary N) is 2. The second-order valence-corrected chi connectivity index (χ2v) is 8.98. The van der Waals surface area contributed by atoms with Gasteiger partial charge in [0.2, 0.25) is 10.0 Å². The number of hydrogen-bond donors (Lipinski definition) is 2. The van der Waals surface area contributed by atoms with Crippen LogP contribution < -0.4 is 10.0 Å². The molecule has 2 N–H and O–H groups in total. The Morgan fingerprint density at radius 3 is 2.34 bits per heavy atom. The summed E-state index contributed by atoms with van der Waals surface area (Å²) in [4.78, 5) is 23.2. The number of rotatable bonds is 8. The highest BCUT2D eigenvalue weighted by molar-refractivity contribution is 7.89. The molecule has 3 aromatic rings. The first kappa shape index (κ1) is 23.1. The molecule has 1 aromatic heterocycles. The summed E-state index contributed by atoms with van der Waals surface area (Å²) in [7, 11) is -3.67. The zero-order chi connectivity index (χ0) is 23.5. The molecule has 32 heavy (non-hydrogen) atoms. The lowest BCUT2D eigenvalue weighted by molar-refractivity contribution is -0.384. The fourth-order valence-electron chi connectivity index (χ4n) is 2.89. The highest BCUT2D eigenvalue weighted by Gasteiger charge is 2.18. The Hall–Kier alpha value is -3.57. The van der Waals surface area contributed by atoms with Gasteiger partial charge < -0.3 is 5.32 Å². The van der Waals surface area contributed by atoms with Crippen LogP contribution >= 0.6 is 0 Å². The maximum Gasteiger partial charge on any atom is 0.269 e. The minimum Gasteiger partial charge on any atom is -0.306 e. The summed E-state index contributed by atoms with van der Waals surface area (Å²) < 4.78 is 28.8. The summed E-state index contributed by atoms with van der Waals surface area (Å²) in [5, 5.41) is 17.9. The van der Waals surface area contributed by atoms with Crippen LogP contribution in [0.1, 0.15) is 36.3 Å². The van der Waals surface area contributed by atoms with E-state index in [1.54, 1.807) is 19.9 Å². The molecule has 0 bridgehead atoms. The molecule has 1 amide bonds. The van der Waals surface area contributed by atoms with Crippen LogP contribution in [0.25, 0.3) is 5.69 Å². The van der Waals surface area contributed by atoms with E-state index < -0.39 is 20.9 Å². The molecule has 0 aliphatic carbocycles. The van der Waals surface area contributed by atoms with Crippen LogP contribution in [0.15, 0.2) is 59.5 Å². The van der Waals surface area contributed by atoms with Gasteiger partial charge in [-0.15, -0.1) is 0 Å². The van der Waals surface area contributed by atoms with Crippen molar-refractivity contribution in [1.82, 2.24) is 14.5 Å². The van der Waals surface area contributed by atoms with Crippen molar-refractivity contribution in [3.63, 3.8) is 0 Å². The molecule has 2 aromatic carbocycles. The zero-order valence-electron chi connectivity index (χ0n) is 17.8. The van der Waals surface area contributed by atoms with E-state index >= 15 is 0 Å². The Labute approximate surface area is 185 Å². The Balaban J connectivity index is 1.80. The van der Waals surface area contributed by atoms with Crippen molar-refractivity contribution in [2.24, 2.45) is 0 Å². The van der Waals surface area contributed by atoms with Gasteiger partial charge in [-0.3, -0.25) is 14.9 Å². The number of amides is 1. The van der Waals surface area contributed by atoms with E-state index in [1.165, 1.54) is 53.2 Å². The van der Waals surface area contributed by atoms with Gasteiger partial charge in [-0.2, -0.15) is 5.10 Å². The number of carbonyl (C=O) groups excluding carboxylic acids is 1. The number of aromatic nitrogens is 2. The molecule has 0 aliphatic rings. The fourth-order valence-corrected chi connectivity index (χ4v) is 4.22. The number of sulfonamides is 1. The van der Waals surface area contributed by atoms with Crippen LogP contribution in [0.4, 0.5) is 11.5 Å². The molecular weight excluding hydrogens is 434 g/mol. The van der Waals surface area contributed by atoms with E-state index in [9.17, 15) is 23.3 Å². The first-order valence-electron chi connectivity index (χ1n) is 9.86. The number of nitrogens with zero attached hydrogens (tertiary/aromatic N) is 3. The fraction of sp³-hybridized carbons (Fsp3) is 0.238. The van der Waals surface area contributed by atoms with Gasteiger partial charge in [-0.05, 0) is 56.7 Å². The van der Waals surface area contributed by atoms with E-state index in [4.69, 9.17) is 0 Å². The quantitative estimate of drug-likeness (QED) is 0.393. The molecule has 0 spiro atoms. The number of carbonyl (C=O) groups is 1. The predicted molar refractivity (Wildman–Crippen MR) is 119 cm³/mol. The number of aryl methyl sites for hydroxylation is 1. The molecule has 0 saturated heterocycles. The van der Waals surface area contributed by atoms with Crippen molar-refractivity contribution in [2.75, 3.05) is 5.32 Å². The van der Waals surface area contributed by atoms with Crippen molar-refractivity contribution in [2.45, 2.75) is 38.1 Å². The molecule has 1 heterocycles. The van der Waals surface area contributed by atoms with Gasteiger partial charge in [0.15, 0.2) is 0 Å². The lowest BCUT2D eigenvalue weighted by Gasteiger charge is -2.12. The Kier molecular flexibility index (Phi) is 6.70. The van der Waals surface area contributed by atoms with Crippen molar-refractivity contribution >= 4 is 27.4 Å². The van der Waals surface area contributed by atoms with E-state index in [0.29, 0.717) is 23.6 Å². The van der Waals surface area contributed by atoms with Crippen LogP contribution in [0.3, 0.4) is 0 Å². The molecule has 11 heteroatoms. The van der Waals surface area contributed by atoms with Gasteiger partial charge in [0, 0.05) is 29.8 Å². The largest absolute Gasteiger partial charge is 0.306 e. The lowest BCUT2D eigenvalue weighted by atomic mass is 10.2. The van der Waals surface area contributed by atoms with Gasteiger partial charge in [0.1, 0.15) is 5.82 Å². The first-order chi connectivity index (χ1) is 15.1. The SMILES string of the molecule is CCC(C)NS(=O)(=O)c1ccc(C(=O)Nc2cc(C)nn2-c2ccc([N+](=O)[O-])cc2)cc1. The standard InChI is InChI=1S/C21H23N5O5S/c1-4-14(2)24-32(30,31)19-11-5-16(6-12-19)21(27)22-20-13-15(3)23-25(20)17-7-9-18(10-8-17)26(28)29/h5-14,24H,4H2,1-3H3,(H,22,27). The molecular formula is C21H23N5O5S. The van der Waals surface area contributed by atoms with Gasteiger partial charge in [0.25, 0.3) is 11.6 Å². The highest BCUT2D eigenvalue weighted by atomic mass is 32.2. The second-order valence-electron chi connectivity index (χ2n) is 7.27. The molecule has 168 valence electrons. The molecule has 10 nitrogen and oxygen atoms in total. The monoisotopic (exact) mass is 457 g/mol. The van der Waals surface area contributed by atoms with E-state index in [-0.39, 0.29) is 22.2 Å². The molecule has 0 fully saturated rings. The summed E-state index contributed by atoms with van der Waals surface area (Å²) in [6.07, 6.45) is 0.654. The van der Waals surface area contributed by atoms with Crippen LogP contribution in [0.5, 0.6) is 0 Å². The summed E-state index contributed by atoms with van der Waals surface area (Å²) in [5.41, 5.74) is 1.38. The lowest BCUT2D eigenvalue weighted by Crippen LogP contribution is -2.32. The maximum atomic E-state index is 12.7. The Bertz CT molecular complexity index is 1230. The predicted octanol–water partition coefficient (Wildman–Crippen LogP) is 3.42. The molecule has 3 rings (SSSR count). The maximum absolute atomic E-state index is 12.7. The topological polar surface area (TPSA) is 136 Å². The molecule has 1 unspecified atom stereocenters. The van der Waals surface area contributed by atoms with E-state index in [1.807, 2.05) is 6.92 Å². The van der Waals surface area contributed by atoms with Gasteiger partial charge in [0.05, 0.1) is 21.2 Å². The summed E-state index contributed by atoms with van der Waals surface area (Å²) in [6, 6.07) is 12.8. The van der Waals surface area contributed by atoms with E-state index in [2.05, 4.69) is 15.1 Å². The van der Waals surface area contributed by atoms with Crippen LogP contribution in [-0.2, 0) is 10.0 Å². The smallest absolute Gasteiger partial charge is 0.269 e. The number of benzene rings is 2. The summed E-state index contributed by atoms with van der Waals surface area (Å²) >= 11 is 0. The molecule has 1 atom stereocenters. The highest BCUT2D eigenvalue weighted by Crippen LogP contribution is 2.21. The number of anilines is 1.